The van der Waals surface area contributed by atoms with Crippen molar-refractivity contribution in [2.45, 2.75) is 26.1 Å². The number of hydrogen-bond donors (Lipinski definition) is 2. The maximum absolute atomic E-state index is 14.1. The smallest absolute Gasteiger partial charge is 0.244 e. The Kier molecular flexibility index (Phi) is 7.98. The Morgan fingerprint density at radius 2 is 1.43 bits per heavy atom. The average molecular weight is 537 g/mol. The SMILES string of the molecule is NCc1ccc(N2C(=O)C(CC(=O)NCc3ccccc3F)C(=O)N(Cc3ccccc3)c3ccccc32)cc1. The van der Waals surface area contributed by atoms with Crippen molar-refractivity contribution in [3.63, 3.8) is 0 Å². The second-order valence-electron chi connectivity index (χ2n) is 9.57. The zero-order chi connectivity index (χ0) is 28.1. The first-order valence-corrected chi connectivity index (χ1v) is 13.0. The van der Waals surface area contributed by atoms with Crippen molar-refractivity contribution in [1.82, 2.24) is 5.32 Å². The van der Waals surface area contributed by atoms with Crippen LogP contribution in [0.2, 0.25) is 0 Å². The lowest BCUT2D eigenvalue weighted by molar-refractivity contribution is -0.136. The van der Waals surface area contributed by atoms with E-state index < -0.39 is 29.5 Å². The van der Waals surface area contributed by atoms with Crippen molar-refractivity contribution in [3.8, 4) is 0 Å². The molecule has 5 rings (SSSR count). The van der Waals surface area contributed by atoms with Crippen molar-refractivity contribution < 1.29 is 18.8 Å². The van der Waals surface area contributed by atoms with Crippen LogP contribution in [0, 0.1) is 11.7 Å². The molecule has 3 amide bonds. The molecule has 7 nitrogen and oxygen atoms in total. The van der Waals surface area contributed by atoms with Crippen LogP contribution in [0.4, 0.5) is 21.5 Å². The van der Waals surface area contributed by atoms with Gasteiger partial charge in [-0.1, -0.05) is 72.8 Å². The van der Waals surface area contributed by atoms with E-state index >= 15 is 0 Å². The van der Waals surface area contributed by atoms with Gasteiger partial charge in [0.2, 0.25) is 17.7 Å². The molecule has 0 saturated carbocycles. The third-order valence-electron chi connectivity index (χ3n) is 6.93. The number of nitrogens with zero attached hydrogens (tertiary/aromatic N) is 2. The summed E-state index contributed by atoms with van der Waals surface area (Å²) in [5, 5.41) is 2.67. The van der Waals surface area contributed by atoms with E-state index in [1.54, 1.807) is 53.4 Å². The molecule has 1 atom stereocenters. The van der Waals surface area contributed by atoms with E-state index in [1.807, 2.05) is 48.5 Å². The number of carbonyl (C=O) groups is 3. The van der Waals surface area contributed by atoms with E-state index in [1.165, 1.54) is 11.0 Å². The number of rotatable bonds is 8. The van der Waals surface area contributed by atoms with Gasteiger partial charge in [0.15, 0.2) is 0 Å². The molecule has 0 spiro atoms. The summed E-state index contributed by atoms with van der Waals surface area (Å²) < 4.78 is 14.1. The zero-order valence-corrected chi connectivity index (χ0v) is 21.8. The topological polar surface area (TPSA) is 95.7 Å². The molecule has 0 saturated heterocycles. The Morgan fingerprint density at radius 1 is 0.775 bits per heavy atom. The first kappa shape index (κ1) is 26.8. The molecule has 1 aliphatic rings. The molecule has 8 heteroatoms. The van der Waals surface area contributed by atoms with Crippen molar-refractivity contribution >= 4 is 34.8 Å². The van der Waals surface area contributed by atoms with Gasteiger partial charge in [-0.25, -0.2) is 4.39 Å². The summed E-state index contributed by atoms with van der Waals surface area (Å²) in [6.45, 7) is 0.509. The van der Waals surface area contributed by atoms with Gasteiger partial charge < -0.3 is 16.0 Å². The number of para-hydroxylation sites is 2. The lowest BCUT2D eigenvalue weighted by Gasteiger charge is -2.25. The molecule has 4 aromatic rings. The lowest BCUT2D eigenvalue weighted by atomic mass is 10.0. The highest BCUT2D eigenvalue weighted by atomic mass is 19.1. The summed E-state index contributed by atoms with van der Waals surface area (Å²) >= 11 is 0. The van der Waals surface area contributed by atoms with Gasteiger partial charge in [0.25, 0.3) is 0 Å². The van der Waals surface area contributed by atoms with Crippen LogP contribution < -0.4 is 20.9 Å². The molecule has 40 heavy (non-hydrogen) atoms. The Morgan fingerprint density at radius 3 is 2.12 bits per heavy atom. The molecule has 4 aromatic carbocycles. The lowest BCUT2D eigenvalue weighted by Crippen LogP contribution is -2.43. The predicted molar refractivity (Wildman–Crippen MR) is 152 cm³/mol. The Labute approximate surface area is 232 Å². The number of halogens is 1. The highest BCUT2D eigenvalue weighted by molar-refractivity contribution is 6.21. The molecule has 202 valence electrons. The second-order valence-corrected chi connectivity index (χ2v) is 9.57. The van der Waals surface area contributed by atoms with Crippen LogP contribution >= 0.6 is 0 Å². The van der Waals surface area contributed by atoms with Gasteiger partial charge >= 0.3 is 0 Å². The number of fused-ring (bicyclic) bond motifs is 1. The van der Waals surface area contributed by atoms with Gasteiger partial charge in [-0.15, -0.1) is 0 Å². The molecule has 3 N–H and O–H groups in total. The van der Waals surface area contributed by atoms with E-state index in [0.29, 0.717) is 29.2 Å². The first-order valence-electron chi connectivity index (χ1n) is 13.0. The van der Waals surface area contributed by atoms with E-state index in [2.05, 4.69) is 5.32 Å². The molecule has 1 heterocycles. The monoisotopic (exact) mass is 536 g/mol. The molecule has 0 aliphatic carbocycles. The van der Waals surface area contributed by atoms with Crippen molar-refractivity contribution in [3.05, 3.63) is 126 Å². The van der Waals surface area contributed by atoms with Crippen LogP contribution in [0.15, 0.2) is 103 Å². The average Bonchev–Trinajstić information content (AvgIpc) is 3.06. The fourth-order valence-corrected chi connectivity index (χ4v) is 4.81. The summed E-state index contributed by atoms with van der Waals surface area (Å²) in [5.74, 6) is -3.27. The van der Waals surface area contributed by atoms with E-state index in [-0.39, 0.29) is 19.5 Å². The van der Waals surface area contributed by atoms with Gasteiger partial charge in [-0.3, -0.25) is 19.3 Å². The van der Waals surface area contributed by atoms with Crippen LogP contribution in [-0.4, -0.2) is 17.7 Å². The van der Waals surface area contributed by atoms with Crippen LogP contribution in [0.3, 0.4) is 0 Å². The van der Waals surface area contributed by atoms with Crippen LogP contribution in [0.25, 0.3) is 0 Å². The Balaban J connectivity index is 1.52. The molecule has 1 unspecified atom stereocenters. The van der Waals surface area contributed by atoms with Crippen molar-refractivity contribution in [2.75, 3.05) is 9.80 Å². The Bertz CT molecular complexity index is 1520. The normalized spacial score (nSPS) is 15.0. The summed E-state index contributed by atoms with van der Waals surface area (Å²) in [6.07, 6.45) is -0.386. The number of carbonyl (C=O) groups excluding carboxylic acids is 3. The quantitative estimate of drug-likeness (QED) is 0.316. The summed E-state index contributed by atoms with van der Waals surface area (Å²) in [5.41, 5.74) is 9.51. The molecular formula is C32H29FN4O3. The minimum atomic E-state index is -1.30. The third kappa shape index (κ3) is 5.62. The molecule has 0 radical (unpaired) electrons. The zero-order valence-electron chi connectivity index (χ0n) is 21.8. The van der Waals surface area contributed by atoms with Crippen LogP contribution in [-0.2, 0) is 34.0 Å². The van der Waals surface area contributed by atoms with Gasteiger partial charge in [-0.05, 0) is 41.5 Å². The molecule has 0 fully saturated rings. The molecular weight excluding hydrogens is 507 g/mol. The first-order chi connectivity index (χ1) is 19.5. The Hall–Kier alpha value is -4.82. The summed E-state index contributed by atoms with van der Waals surface area (Å²) in [6, 6.07) is 30.0. The summed E-state index contributed by atoms with van der Waals surface area (Å²) in [4.78, 5) is 44.4. The molecule has 1 aliphatic heterocycles. The maximum atomic E-state index is 14.1. The second kappa shape index (κ2) is 11.9. The van der Waals surface area contributed by atoms with Gasteiger partial charge in [0, 0.05) is 30.8 Å². The van der Waals surface area contributed by atoms with Crippen molar-refractivity contribution in [2.24, 2.45) is 11.7 Å². The fourth-order valence-electron chi connectivity index (χ4n) is 4.81. The van der Waals surface area contributed by atoms with Crippen molar-refractivity contribution in [1.29, 1.82) is 0 Å². The van der Waals surface area contributed by atoms with Gasteiger partial charge in [0.1, 0.15) is 11.7 Å². The predicted octanol–water partition coefficient (Wildman–Crippen LogP) is 4.82. The van der Waals surface area contributed by atoms with E-state index in [4.69, 9.17) is 5.73 Å². The largest absolute Gasteiger partial charge is 0.352 e. The summed E-state index contributed by atoms with van der Waals surface area (Å²) in [7, 11) is 0. The van der Waals surface area contributed by atoms with E-state index in [9.17, 15) is 18.8 Å². The van der Waals surface area contributed by atoms with Crippen LogP contribution in [0.1, 0.15) is 23.1 Å². The van der Waals surface area contributed by atoms with Gasteiger partial charge in [0.05, 0.1) is 17.9 Å². The van der Waals surface area contributed by atoms with E-state index in [0.717, 1.165) is 11.1 Å². The fraction of sp³-hybridized carbons (Fsp3) is 0.156. The number of benzene rings is 4. The molecule has 0 bridgehead atoms. The standard InChI is InChI=1S/C32H29FN4O3/c33-27-11-5-4-10-24(27)20-35-30(38)18-26-31(39)36(21-23-8-2-1-3-9-23)28-12-6-7-13-29(28)37(32(26)40)25-16-14-22(19-34)15-17-25/h1-17,26H,18-21,34H2,(H,35,38). The molecule has 0 aromatic heterocycles. The number of amides is 3. The van der Waals surface area contributed by atoms with Crippen LogP contribution in [0.5, 0.6) is 0 Å². The minimum absolute atomic E-state index is 0.0567. The number of nitrogens with one attached hydrogen (secondary N) is 1. The van der Waals surface area contributed by atoms with Gasteiger partial charge in [-0.2, -0.15) is 0 Å². The number of anilines is 3. The number of nitrogens with two attached hydrogens (primary N) is 1. The minimum Gasteiger partial charge on any atom is -0.352 e. The highest BCUT2D eigenvalue weighted by Gasteiger charge is 2.42. The highest BCUT2D eigenvalue weighted by Crippen LogP contribution is 2.40. The number of hydrogen-bond acceptors (Lipinski definition) is 4. The maximum Gasteiger partial charge on any atom is 0.244 e. The third-order valence-corrected chi connectivity index (χ3v) is 6.93.